The van der Waals surface area contributed by atoms with Crippen molar-refractivity contribution in [3.63, 3.8) is 0 Å². The van der Waals surface area contributed by atoms with Crippen molar-refractivity contribution >= 4 is 40.6 Å². The van der Waals surface area contributed by atoms with Crippen molar-refractivity contribution in [1.29, 1.82) is 0 Å². The predicted octanol–water partition coefficient (Wildman–Crippen LogP) is 3.39. The molecule has 9 nitrogen and oxygen atoms in total. The molecule has 3 aromatic rings. The highest BCUT2D eigenvalue weighted by Gasteiger charge is 2.26. The molecule has 4 rings (SSSR count). The van der Waals surface area contributed by atoms with Gasteiger partial charge in [-0.3, -0.25) is 4.79 Å². The van der Waals surface area contributed by atoms with Gasteiger partial charge in [-0.1, -0.05) is 35.1 Å². The second-order valence-electron chi connectivity index (χ2n) is 8.00. The second-order valence-corrected chi connectivity index (χ2v) is 9.46. The van der Waals surface area contributed by atoms with Gasteiger partial charge in [-0.05, 0) is 29.8 Å². The summed E-state index contributed by atoms with van der Waals surface area (Å²) in [5, 5.41) is 9.81. The number of carbonyl (C=O) groups is 2. The van der Waals surface area contributed by atoms with E-state index in [4.69, 9.17) is 16.3 Å². The number of anilines is 1. The maximum atomic E-state index is 13.1. The Hall–Kier alpha value is -3.24. The number of carbonyl (C=O) groups excluding carboxylic acids is 2. The lowest BCUT2D eigenvalue weighted by atomic mass is 10.1. The van der Waals surface area contributed by atoms with Crippen LogP contribution in [0.25, 0.3) is 0 Å². The van der Waals surface area contributed by atoms with Gasteiger partial charge in [-0.25, -0.2) is 9.78 Å². The number of halogens is 1. The fourth-order valence-electron chi connectivity index (χ4n) is 3.59. The fraction of sp³-hybridized carbons (Fsp3) is 0.348. The SMILES string of the molecule is CN(C)C(=O)N1CCN(c2ncccc2C(=O)Cc2nnc(OCc3ccc(Cl)cc3)s2)CC1. The lowest BCUT2D eigenvalue weighted by Crippen LogP contribution is -2.52. The van der Waals surface area contributed by atoms with E-state index >= 15 is 0 Å². The first-order valence-electron chi connectivity index (χ1n) is 10.8. The average Bonchev–Trinajstić information content (AvgIpc) is 3.30. The van der Waals surface area contributed by atoms with Crippen LogP contribution in [0.5, 0.6) is 5.19 Å². The van der Waals surface area contributed by atoms with E-state index in [0.717, 1.165) is 5.56 Å². The highest BCUT2D eigenvalue weighted by atomic mass is 35.5. The van der Waals surface area contributed by atoms with Crippen LogP contribution >= 0.6 is 22.9 Å². The monoisotopic (exact) mass is 500 g/mol. The smallest absolute Gasteiger partial charge is 0.319 e. The van der Waals surface area contributed by atoms with Crippen molar-refractivity contribution in [2.75, 3.05) is 45.2 Å². The molecule has 11 heteroatoms. The van der Waals surface area contributed by atoms with Gasteiger partial charge in [0.15, 0.2) is 5.78 Å². The molecule has 0 aliphatic carbocycles. The fourth-order valence-corrected chi connectivity index (χ4v) is 4.40. The molecule has 3 heterocycles. The highest BCUT2D eigenvalue weighted by molar-refractivity contribution is 7.13. The van der Waals surface area contributed by atoms with Gasteiger partial charge >= 0.3 is 6.03 Å². The van der Waals surface area contributed by atoms with Gasteiger partial charge in [0.25, 0.3) is 5.19 Å². The molecule has 0 spiro atoms. The summed E-state index contributed by atoms with van der Waals surface area (Å²) >= 11 is 7.16. The van der Waals surface area contributed by atoms with Gasteiger partial charge in [0, 0.05) is 51.5 Å². The van der Waals surface area contributed by atoms with E-state index in [9.17, 15) is 9.59 Å². The van der Waals surface area contributed by atoms with E-state index in [1.54, 1.807) is 54.4 Å². The van der Waals surface area contributed by atoms with E-state index in [1.807, 2.05) is 17.0 Å². The Kier molecular flexibility index (Phi) is 7.59. The van der Waals surface area contributed by atoms with Crippen LogP contribution in [-0.2, 0) is 13.0 Å². The normalized spacial score (nSPS) is 13.6. The van der Waals surface area contributed by atoms with Crippen LogP contribution < -0.4 is 9.64 Å². The first-order valence-corrected chi connectivity index (χ1v) is 12.0. The number of ether oxygens (including phenoxy) is 1. The van der Waals surface area contributed by atoms with Crippen molar-refractivity contribution in [2.45, 2.75) is 13.0 Å². The number of amides is 2. The van der Waals surface area contributed by atoms with Crippen molar-refractivity contribution in [2.24, 2.45) is 0 Å². The standard InChI is InChI=1S/C23H25ClN6O3S/c1-28(2)23(32)30-12-10-29(11-13-30)21-18(4-3-9-25-21)19(31)14-20-26-27-22(34-20)33-15-16-5-7-17(24)8-6-16/h3-9H,10-15H2,1-2H3. The molecule has 0 atom stereocenters. The van der Waals surface area contributed by atoms with Gasteiger partial charge in [0.1, 0.15) is 17.4 Å². The molecule has 0 bridgehead atoms. The Bertz CT molecular complexity index is 1150. The van der Waals surface area contributed by atoms with Crippen LogP contribution in [0.3, 0.4) is 0 Å². The molecule has 1 aromatic carbocycles. The molecule has 1 aliphatic rings. The van der Waals surface area contributed by atoms with Crippen molar-refractivity contribution in [3.8, 4) is 5.19 Å². The third kappa shape index (κ3) is 5.81. The molecule has 2 aromatic heterocycles. The summed E-state index contributed by atoms with van der Waals surface area (Å²) in [6, 6.07) is 10.9. The molecule has 0 unspecified atom stereocenters. The zero-order valence-corrected chi connectivity index (χ0v) is 20.6. The van der Waals surface area contributed by atoms with E-state index < -0.39 is 0 Å². The molecule has 1 saturated heterocycles. The first-order chi connectivity index (χ1) is 16.4. The summed E-state index contributed by atoms with van der Waals surface area (Å²) in [5.74, 6) is 0.545. The Balaban J connectivity index is 1.37. The minimum Gasteiger partial charge on any atom is -0.464 e. The quantitative estimate of drug-likeness (QED) is 0.459. The minimum absolute atomic E-state index is 0.0117. The van der Waals surface area contributed by atoms with Gasteiger partial charge in [-0.15, -0.1) is 10.2 Å². The molecule has 0 radical (unpaired) electrons. The zero-order chi connectivity index (χ0) is 24.1. The maximum absolute atomic E-state index is 13.1. The van der Waals surface area contributed by atoms with Crippen LogP contribution in [0.4, 0.5) is 10.6 Å². The third-order valence-corrected chi connectivity index (χ3v) is 6.44. The first kappa shape index (κ1) is 23.9. The largest absolute Gasteiger partial charge is 0.464 e. The topological polar surface area (TPSA) is 91.8 Å². The summed E-state index contributed by atoms with van der Waals surface area (Å²) in [4.78, 5) is 35.2. The predicted molar refractivity (Wildman–Crippen MR) is 131 cm³/mol. The van der Waals surface area contributed by atoms with Crippen molar-refractivity contribution in [3.05, 3.63) is 63.8 Å². The summed E-state index contributed by atoms with van der Waals surface area (Å²) < 4.78 is 5.70. The summed E-state index contributed by atoms with van der Waals surface area (Å²) in [7, 11) is 3.48. The number of aromatic nitrogens is 3. The number of hydrogen-bond acceptors (Lipinski definition) is 8. The maximum Gasteiger partial charge on any atom is 0.319 e. The molecule has 0 saturated carbocycles. The number of ketones is 1. The van der Waals surface area contributed by atoms with Gasteiger partial charge in [0.05, 0.1) is 12.0 Å². The van der Waals surface area contributed by atoms with E-state index in [2.05, 4.69) is 15.2 Å². The number of nitrogens with zero attached hydrogens (tertiary/aromatic N) is 6. The lowest BCUT2D eigenvalue weighted by molar-refractivity contribution is 0.0992. The minimum atomic E-state index is -0.0877. The number of rotatable bonds is 7. The number of urea groups is 1. The van der Waals surface area contributed by atoms with E-state index in [-0.39, 0.29) is 18.2 Å². The molecule has 0 N–H and O–H groups in total. The van der Waals surface area contributed by atoms with Crippen molar-refractivity contribution in [1.82, 2.24) is 25.0 Å². The van der Waals surface area contributed by atoms with Gasteiger partial charge in [-0.2, -0.15) is 0 Å². The van der Waals surface area contributed by atoms with Crippen LogP contribution in [-0.4, -0.2) is 77.1 Å². The Labute approximate surface area is 206 Å². The van der Waals surface area contributed by atoms with Crippen LogP contribution in [0.15, 0.2) is 42.6 Å². The summed E-state index contributed by atoms with van der Waals surface area (Å²) in [5.41, 5.74) is 1.50. The molecule has 1 fully saturated rings. The van der Waals surface area contributed by atoms with Crippen LogP contribution in [0.2, 0.25) is 5.02 Å². The number of pyridine rings is 1. The van der Waals surface area contributed by atoms with E-state index in [0.29, 0.717) is 59.4 Å². The summed E-state index contributed by atoms with van der Waals surface area (Å²) in [6.07, 6.45) is 1.79. The molecule has 2 amide bonds. The number of hydrogen-bond donors (Lipinski definition) is 0. The Morgan fingerprint density at radius 1 is 1.09 bits per heavy atom. The Morgan fingerprint density at radius 3 is 2.53 bits per heavy atom. The van der Waals surface area contributed by atoms with Gasteiger partial charge in [0.2, 0.25) is 0 Å². The summed E-state index contributed by atoms with van der Waals surface area (Å²) in [6.45, 7) is 2.71. The molecule has 178 valence electrons. The van der Waals surface area contributed by atoms with Crippen LogP contribution in [0, 0.1) is 0 Å². The molecular weight excluding hydrogens is 476 g/mol. The van der Waals surface area contributed by atoms with Crippen LogP contribution in [0.1, 0.15) is 20.9 Å². The third-order valence-electron chi connectivity index (χ3n) is 5.36. The molecule has 34 heavy (non-hydrogen) atoms. The van der Waals surface area contributed by atoms with Crippen molar-refractivity contribution < 1.29 is 14.3 Å². The second kappa shape index (κ2) is 10.8. The number of Topliss-reactive ketones (excluding diaryl/α,β-unsaturated/α-hetero) is 1. The average molecular weight is 501 g/mol. The number of piperazine rings is 1. The molecular formula is C23H25ClN6O3S. The number of benzene rings is 1. The lowest BCUT2D eigenvalue weighted by Gasteiger charge is -2.37. The molecule has 1 aliphatic heterocycles. The Morgan fingerprint density at radius 2 is 1.82 bits per heavy atom. The zero-order valence-electron chi connectivity index (χ0n) is 19.0. The van der Waals surface area contributed by atoms with Gasteiger partial charge < -0.3 is 19.4 Å². The highest BCUT2D eigenvalue weighted by Crippen LogP contribution is 2.24. The van der Waals surface area contributed by atoms with E-state index in [1.165, 1.54) is 11.3 Å².